The molecule has 1 aliphatic rings. The van der Waals surface area contributed by atoms with Gasteiger partial charge in [-0.05, 0) is 45.9 Å². The first-order valence-electron chi connectivity index (χ1n) is 12.5. The minimum atomic E-state index is -4.70. The van der Waals surface area contributed by atoms with Crippen LogP contribution < -0.4 is 10.6 Å². The van der Waals surface area contributed by atoms with Gasteiger partial charge in [-0.25, -0.2) is 14.8 Å². The van der Waals surface area contributed by atoms with E-state index >= 15 is 0 Å². The summed E-state index contributed by atoms with van der Waals surface area (Å²) in [7, 11) is 0. The molecule has 17 heteroatoms. The molecule has 3 N–H and O–H groups in total. The van der Waals surface area contributed by atoms with Crippen molar-refractivity contribution in [1.82, 2.24) is 40.3 Å². The molecule has 1 saturated heterocycles. The van der Waals surface area contributed by atoms with Crippen LogP contribution in [0.5, 0.6) is 0 Å². The normalized spacial score (nSPS) is 17.4. The molecule has 41 heavy (non-hydrogen) atoms. The van der Waals surface area contributed by atoms with Gasteiger partial charge in [-0.2, -0.15) is 31.4 Å². The Labute approximate surface area is 229 Å². The zero-order valence-corrected chi connectivity index (χ0v) is 22.4. The molecule has 1 aliphatic heterocycles. The number of pyridine rings is 1. The second-order valence-corrected chi connectivity index (χ2v) is 10.3. The zero-order chi connectivity index (χ0) is 30.3. The predicted molar refractivity (Wildman–Crippen MR) is 132 cm³/mol. The van der Waals surface area contributed by atoms with Gasteiger partial charge in [0.25, 0.3) is 5.91 Å². The van der Waals surface area contributed by atoms with Crippen molar-refractivity contribution in [3.8, 4) is 0 Å². The van der Waals surface area contributed by atoms with Gasteiger partial charge in [0.1, 0.15) is 23.6 Å². The molecule has 0 aliphatic carbocycles. The molecule has 2 atom stereocenters. The predicted octanol–water partition coefficient (Wildman–Crippen LogP) is 4.02. The van der Waals surface area contributed by atoms with Crippen LogP contribution in [0.2, 0.25) is 0 Å². The summed E-state index contributed by atoms with van der Waals surface area (Å²) < 4.78 is 86.0. The number of nitrogens with zero attached hydrogens (tertiary/aromatic N) is 5. The van der Waals surface area contributed by atoms with E-state index in [1.807, 2.05) is 5.32 Å². The van der Waals surface area contributed by atoms with Gasteiger partial charge in [0.05, 0.1) is 30.9 Å². The molecule has 3 aromatic rings. The smallest absolute Gasteiger partial charge is 0.364 e. The Morgan fingerprint density at radius 2 is 1.85 bits per heavy atom. The van der Waals surface area contributed by atoms with Crippen LogP contribution >= 0.6 is 0 Å². The number of nitrogens with one attached hydrogen (secondary N) is 3. The molecule has 0 spiro atoms. The second kappa shape index (κ2) is 10.8. The molecular weight excluding hydrogens is 562 g/mol. The van der Waals surface area contributed by atoms with Crippen LogP contribution in [0.15, 0.2) is 24.4 Å². The fraction of sp³-hybridized carbons (Fsp3) is 0.542. The van der Waals surface area contributed by atoms with E-state index in [9.17, 15) is 35.9 Å². The van der Waals surface area contributed by atoms with Gasteiger partial charge in [-0.15, -0.1) is 0 Å². The number of hydrogen-bond donors (Lipinski definition) is 3. The molecule has 1 fully saturated rings. The van der Waals surface area contributed by atoms with Crippen molar-refractivity contribution in [1.29, 1.82) is 0 Å². The fourth-order valence-corrected chi connectivity index (χ4v) is 4.01. The molecule has 0 aromatic carbocycles. The van der Waals surface area contributed by atoms with Crippen molar-refractivity contribution >= 4 is 23.1 Å². The van der Waals surface area contributed by atoms with E-state index in [-0.39, 0.29) is 35.4 Å². The summed E-state index contributed by atoms with van der Waals surface area (Å²) in [5.74, 6) is -0.606. The van der Waals surface area contributed by atoms with E-state index in [1.165, 1.54) is 29.1 Å². The van der Waals surface area contributed by atoms with Crippen LogP contribution in [0.25, 0.3) is 11.2 Å². The highest BCUT2D eigenvalue weighted by atomic mass is 19.4. The average molecular weight is 591 g/mol. The van der Waals surface area contributed by atoms with Gasteiger partial charge >= 0.3 is 18.4 Å². The lowest BCUT2D eigenvalue weighted by Crippen LogP contribution is -2.44. The average Bonchev–Trinajstić information content (AvgIpc) is 3.59. The maximum absolute atomic E-state index is 13.5. The van der Waals surface area contributed by atoms with Gasteiger partial charge in [0.2, 0.25) is 0 Å². The van der Waals surface area contributed by atoms with Gasteiger partial charge in [-0.1, -0.05) is 0 Å². The van der Waals surface area contributed by atoms with Gasteiger partial charge in [-0.3, -0.25) is 9.48 Å². The first-order valence-corrected chi connectivity index (χ1v) is 12.5. The van der Waals surface area contributed by atoms with Crippen molar-refractivity contribution in [2.24, 2.45) is 0 Å². The maximum atomic E-state index is 13.5. The van der Waals surface area contributed by atoms with Gasteiger partial charge < -0.3 is 25.3 Å². The molecule has 224 valence electrons. The summed E-state index contributed by atoms with van der Waals surface area (Å²) in [5.41, 5.74) is -1.74. The summed E-state index contributed by atoms with van der Waals surface area (Å²) in [5, 5.41) is 8.59. The molecule has 3 amide bonds. The number of ether oxygens (including phenoxy) is 1. The second-order valence-electron chi connectivity index (χ2n) is 10.3. The van der Waals surface area contributed by atoms with Gasteiger partial charge in [0.15, 0.2) is 11.2 Å². The third-order valence-corrected chi connectivity index (χ3v) is 6.48. The number of halogens is 6. The Kier molecular flexibility index (Phi) is 7.95. The Bertz CT molecular complexity index is 1410. The number of amides is 3. The molecule has 4 heterocycles. The summed E-state index contributed by atoms with van der Waals surface area (Å²) in [4.78, 5) is 37.6. The standard InChI is InChI=1S/C24H28F6N8O3/c1-12(2)38-16(7-8-31-38)20(39)34-15(11-41-22(3,4)24(28,29)30)19-33-14-6-5-13(32-18(14)36-19)9-37-10-17(23(25,26)27)35-21(37)40/h5-8,12,15,17H,9-11H2,1-4H3,(H,34,39)(H,35,40)(H,32,33,36)/t15-,17+/m0/s1. The van der Waals surface area contributed by atoms with Crippen molar-refractivity contribution in [3.63, 3.8) is 0 Å². The van der Waals surface area contributed by atoms with Crippen LogP contribution in [0.4, 0.5) is 31.1 Å². The Hall–Kier alpha value is -3.89. The van der Waals surface area contributed by atoms with Crippen LogP contribution in [-0.2, 0) is 11.3 Å². The summed E-state index contributed by atoms with van der Waals surface area (Å²) in [6, 6.07) is 0.166. The maximum Gasteiger partial charge on any atom is 0.416 e. The van der Waals surface area contributed by atoms with Crippen LogP contribution in [-0.4, -0.2) is 78.7 Å². The molecular formula is C24H28F6N8O3. The molecule has 0 unspecified atom stereocenters. The van der Waals surface area contributed by atoms with Crippen LogP contribution in [0, 0.1) is 0 Å². The van der Waals surface area contributed by atoms with Crippen molar-refractivity contribution in [2.45, 2.75) is 70.3 Å². The lowest BCUT2D eigenvalue weighted by atomic mass is 10.1. The number of imidazole rings is 1. The Morgan fingerprint density at radius 1 is 1.15 bits per heavy atom. The number of H-pyrrole nitrogens is 1. The van der Waals surface area contributed by atoms with Crippen molar-refractivity contribution < 1.29 is 40.7 Å². The largest absolute Gasteiger partial charge is 0.416 e. The monoisotopic (exact) mass is 590 g/mol. The zero-order valence-electron chi connectivity index (χ0n) is 22.4. The summed E-state index contributed by atoms with van der Waals surface area (Å²) >= 11 is 0. The molecule has 0 saturated carbocycles. The number of carbonyl (C=O) groups excluding carboxylic acids is 2. The summed E-state index contributed by atoms with van der Waals surface area (Å²) in [6.45, 7) is 3.85. The van der Waals surface area contributed by atoms with Gasteiger partial charge in [0, 0.05) is 12.2 Å². The number of urea groups is 1. The molecule has 3 aromatic heterocycles. The van der Waals surface area contributed by atoms with E-state index in [4.69, 9.17) is 4.74 Å². The minimum Gasteiger partial charge on any atom is -0.364 e. The lowest BCUT2D eigenvalue weighted by molar-refractivity contribution is -0.265. The number of aromatic amines is 1. The SMILES string of the molecule is CC(C)n1nccc1C(=O)N[C@@H](COC(C)(C)C(F)(F)F)c1nc2nc(CN3C[C@H](C(F)(F)F)NC3=O)ccc2[nH]1. The first-order chi connectivity index (χ1) is 19.0. The van der Waals surface area contributed by atoms with Crippen LogP contribution in [0.1, 0.15) is 61.8 Å². The number of aromatic nitrogens is 5. The molecule has 4 rings (SSSR count). The number of hydrogen-bond acceptors (Lipinski definition) is 6. The third kappa shape index (κ3) is 6.55. The molecule has 0 radical (unpaired) electrons. The summed E-state index contributed by atoms with van der Waals surface area (Å²) in [6.07, 6.45) is -7.89. The Morgan fingerprint density at radius 3 is 2.46 bits per heavy atom. The Balaban J connectivity index is 1.59. The van der Waals surface area contributed by atoms with Crippen molar-refractivity contribution in [3.05, 3.63) is 41.6 Å². The molecule has 0 bridgehead atoms. The number of carbonyl (C=O) groups is 2. The minimum absolute atomic E-state index is 0.0302. The first kappa shape index (κ1) is 30.1. The van der Waals surface area contributed by atoms with Crippen LogP contribution in [0.3, 0.4) is 0 Å². The number of rotatable bonds is 9. The molecule has 11 nitrogen and oxygen atoms in total. The van der Waals surface area contributed by atoms with Crippen molar-refractivity contribution in [2.75, 3.05) is 13.2 Å². The lowest BCUT2D eigenvalue weighted by Gasteiger charge is -2.30. The van der Waals surface area contributed by atoms with E-state index in [2.05, 4.69) is 25.4 Å². The fourth-order valence-electron chi connectivity index (χ4n) is 4.01. The topological polar surface area (TPSA) is 130 Å². The number of fused-ring (bicyclic) bond motifs is 1. The number of alkyl halides is 6. The van der Waals surface area contributed by atoms with E-state index in [0.717, 1.165) is 18.7 Å². The highest BCUT2D eigenvalue weighted by molar-refractivity contribution is 5.92. The highest BCUT2D eigenvalue weighted by Gasteiger charge is 2.49. The van der Waals surface area contributed by atoms with E-state index in [0.29, 0.717) is 5.52 Å². The van der Waals surface area contributed by atoms with E-state index in [1.54, 1.807) is 13.8 Å². The van der Waals surface area contributed by atoms with E-state index < -0.39 is 55.1 Å². The third-order valence-electron chi connectivity index (χ3n) is 6.48. The highest BCUT2D eigenvalue weighted by Crippen LogP contribution is 2.34. The quantitative estimate of drug-likeness (QED) is 0.323.